The van der Waals surface area contributed by atoms with E-state index in [1.54, 1.807) is 41.5 Å². The van der Waals surface area contributed by atoms with Crippen LogP contribution in [0.2, 0.25) is 0 Å². The number of ether oxygens (including phenoxy) is 4. The fourth-order valence-electron chi connectivity index (χ4n) is 1.23. The van der Waals surface area contributed by atoms with E-state index < -0.39 is 23.5 Å². The molecule has 0 rings (SSSR count). The number of rotatable bonds is 4. The second-order valence-electron chi connectivity index (χ2n) is 8.96. The van der Waals surface area contributed by atoms with Crippen molar-refractivity contribution in [3.05, 3.63) is 0 Å². The summed E-state index contributed by atoms with van der Waals surface area (Å²) >= 11 is 7.79. The van der Waals surface area contributed by atoms with Gasteiger partial charge in [-0.2, -0.15) is 25.3 Å². The van der Waals surface area contributed by atoms with Crippen LogP contribution in [0.5, 0.6) is 0 Å². The van der Waals surface area contributed by atoms with Gasteiger partial charge < -0.3 is 24.7 Å². The Kier molecular flexibility index (Phi) is 22.6. The summed E-state index contributed by atoms with van der Waals surface area (Å²) in [6.07, 6.45) is -0.854. The van der Waals surface area contributed by atoms with Crippen molar-refractivity contribution in [1.29, 1.82) is 0 Å². The van der Waals surface area contributed by atoms with Crippen molar-refractivity contribution in [1.82, 2.24) is 0 Å². The molecule has 0 aliphatic heterocycles. The molecule has 31 heavy (non-hydrogen) atoms. The molecule has 0 aliphatic rings. The normalized spacial score (nSPS) is 10.7. The predicted octanol–water partition coefficient (Wildman–Crippen LogP) is 5.21. The Morgan fingerprint density at radius 2 is 1.03 bits per heavy atom. The third-order valence-electron chi connectivity index (χ3n) is 2.03. The van der Waals surface area contributed by atoms with Crippen LogP contribution < -0.4 is 5.73 Å². The van der Waals surface area contributed by atoms with Gasteiger partial charge in [0.15, 0.2) is 0 Å². The average molecular weight is 508 g/mol. The van der Waals surface area contributed by atoms with Crippen molar-refractivity contribution in [3.8, 4) is 0 Å². The standard InChI is InChI=1S/C10H18O5.C8H16O2S.C2H7NS.ClH/c1-9(2,3)14-7(11)13-8(12)15-10(4,5)6;1-8(2,3)10-7(9)5-4-6-11;3-1-2-4;/h1-6H3;11H,4-6H2,1-3H3;4H,1-3H2;1H. The molecule has 0 aromatic rings. The highest BCUT2D eigenvalue weighted by Crippen LogP contribution is 2.11. The van der Waals surface area contributed by atoms with Gasteiger partial charge in [-0.15, -0.1) is 12.4 Å². The zero-order chi connectivity index (χ0) is 24.6. The van der Waals surface area contributed by atoms with Gasteiger partial charge in [0.05, 0.1) is 0 Å². The maximum Gasteiger partial charge on any atom is 0.519 e. The summed E-state index contributed by atoms with van der Waals surface area (Å²) in [5, 5.41) is 0. The van der Waals surface area contributed by atoms with Gasteiger partial charge in [0.1, 0.15) is 16.8 Å². The van der Waals surface area contributed by atoms with Gasteiger partial charge in [-0.1, -0.05) is 0 Å². The zero-order valence-corrected chi connectivity index (χ0v) is 22.9. The topological polar surface area (TPSA) is 114 Å². The first kappa shape index (κ1) is 37.5. The molecule has 0 radical (unpaired) electrons. The van der Waals surface area contributed by atoms with Crippen LogP contribution in [0, 0.1) is 0 Å². The van der Waals surface area contributed by atoms with Crippen molar-refractivity contribution in [3.63, 3.8) is 0 Å². The summed E-state index contributed by atoms with van der Waals surface area (Å²) in [6, 6.07) is 0. The van der Waals surface area contributed by atoms with E-state index in [4.69, 9.17) is 19.9 Å². The summed E-state index contributed by atoms with van der Waals surface area (Å²) in [5.74, 6) is 1.39. The summed E-state index contributed by atoms with van der Waals surface area (Å²) < 4.78 is 18.9. The van der Waals surface area contributed by atoms with E-state index in [2.05, 4.69) is 30.0 Å². The van der Waals surface area contributed by atoms with E-state index in [-0.39, 0.29) is 24.0 Å². The Balaban J connectivity index is -0.000000201. The number of hydrogen-bond acceptors (Lipinski definition) is 10. The number of carbonyl (C=O) groups excluding carboxylic acids is 3. The molecule has 0 heterocycles. The lowest BCUT2D eigenvalue weighted by atomic mass is 10.2. The fourth-order valence-corrected chi connectivity index (χ4v) is 1.38. The maximum absolute atomic E-state index is 11.0. The number of carbonyl (C=O) groups is 3. The van der Waals surface area contributed by atoms with Crippen molar-refractivity contribution >= 4 is 55.9 Å². The van der Waals surface area contributed by atoms with Crippen LogP contribution in [0.15, 0.2) is 0 Å². The third kappa shape index (κ3) is 40.1. The van der Waals surface area contributed by atoms with Crippen molar-refractivity contribution < 1.29 is 33.3 Å². The predicted molar refractivity (Wildman–Crippen MR) is 133 cm³/mol. The largest absolute Gasteiger partial charge is 0.519 e. The molecule has 0 saturated heterocycles. The van der Waals surface area contributed by atoms with Crippen LogP contribution in [-0.2, 0) is 23.7 Å². The lowest BCUT2D eigenvalue weighted by molar-refractivity contribution is -0.154. The van der Waals surface area contributed by atoms with Gasteiger partial charge in [-0.3, -0.25) is 4.79 Å². The Morgan fingerprint density at radius 1 is 0.710 bits per heavy atom. The molecule has 0 saturated carbocycles. The smallest absolute Gasteiger partial charge is 0.460 e. The molecule has 188 valence electrons. The molecule has 0 amide bonds. The van der Waals surface area contributed by atoms with Crippen LogP contribution in [-0.4, -0.2) is 53.1 Å². The monoisotopic (exact) mass is 507 g/mol. The minimum Gasteiger partial charge on any atom is -0.460 e. The molecule has 0 atom stereocenters. The number of nitrogens with two attached hydrogens (primary N) is 1. The third-order valence-corrected chi connectivity index (χ3v) is 2.61. The molecule has 0 spiro atoms. The minimum atomic E-state index is -1.06. The molecule has 8 nitrogen and oxygen atoms in total. The average Bonchev–Trinajstić information content (AvgIpc) is 2.48. The van der Waals surface area contributed by atoms with Crippen LogP contribution in [0.25, 0.3) is 0 Å². The molecule has 0 fully saturated rings. The fraction of sp³-hybridized carbons (Fsp3) is 0.850. The Morgan fingerprint density at radius 3 is 1.26 bits per heavy atom. The molecule has 2 N–H and O–H groups in total. The van der Waals surface area contributed by atoms with E-state index in [0.29, 0.717) is 13.0 Å². The highest BCUT2D eigenvalue weighted by molar-refractivity contribution is 7.80. The van der Waals surface area contributed by atoms with Crippen molar-refractivity contribution in [2.75, 3.05) is 18.1 Å². The molecule has 11 heteroatoms. The highest BCUT2D eigenvalue weighted by atomic mass is 35.5. The SMILES string of the molecule is CC(C)(C)OC(=O)CCCS.CC(C)(C)OC(=O)OC(=O)OC(C)(C)C.Cl.NCCS. The van der Waals surface area contributed by atoms with E-state index in [1.165, 1.54) is 0 Å². The van der Waals surface area contributed by atoms with E-state index in [9.17, 15) is 14.4 Å². The van der Waals surface area contributed by atoms with Crippen LogP contribution >= 0.6 is 37.7 Å². The Bertz CT molecular complexity index is 471. The van der Waals surface area contributed by atoms with Crippen LogP contribution in [0.3, 0.4) is 0 Å². The molecule has 0 bridgehead atoms. The van der Waals surface area contributed by atoms with Gasteiger partial charge in [-0.25, -0.2) is 9.59 Å². The second kappa shape index (κ2) is 18.7. The van der Waals surface area contributed by atoms with Gasteiger partial charge in [0.2, 0.25) is 0 Å². The quantitative estimate of drug-likeness (QED) is 0.205. The van der Waals surface area contributed by atoms with Gasteiger partial charge >= 0.3 is 18.3 Å². The maximum atomic E-state index is 11.0. The number of esters is 1. The van der Waals surface area contributed by atoms with Gasteiger partial charge in [-0.05, 0) is 74.5 Å². The Hall–Kier alpha value is -0.840. The molecule has 0 aromatic heterocycles. The Labute approximate surface area is 204 Å². The van der Waals surface area contributed by atoms with Crippen LogP contribution in [0.1, 0.15) is 75.2 Å². The van der Waals surface area contributed by atoms with Crippen molar-refractivity contribution in [2.45, 2.75) is 92.0 Å². The summed E-state index contributed by atoms with van der Waals surface area (Å²) in [4.78, 5) is 33.0. The molecular weight excluding hydrogens is 466 g/mol. The first-order chi connectivity index (χ1) is 13.4. The van der Waals surface area contributed by atoms with Crippen LogP contribution in [0.4, 0.5) is 9.59 Å². The molecule has 0 unspecified atom stereocenters. The van der Waals surface area contributed by atoms with E-state index >= 15 is 0 Å². The lowest BCUT2D eigenvalue weighted by Gasteiger charge is -2.20. The lowest BCUT2D eigenvalue weighted by Crippen LogP contribution is -2.29. The van der Waals surface area contributed by atoms with Gasteiger partial charge in [0.25, 0.3) is 0 Å². The zero-order valence-electron chi connectivity index (χ0n) is 20.3. The summed E-state index contributed by atoms with van der Waals surface area (Å²) in [6.45, 7) is 16.3. The number of thiol groups is 2. The summed E-state index contributed by atoms with van der Waals surface area (Å²) in [5.41, 5.74) is 3.21. The first-order valence-corrected chi connectivity index (χ1v) is 10.9. The number of hydrogen-bond donors (Lipinski definition) is 3. The minimum absolute atomic E-state index is 0. The number of halogens is 1. The molecular formula is C20H42ClNO7S2. The molecule has 0 aliphatic carbocycles. The van der Waals surface area contributed by atoms with E-state index in [0.717, 1.165) is 17.9 Å². The van der Waals surface area contributed by atoms with Gasteiger partial charge in [0, 0.05) is 18.7 Å². The molecule has 0 aromatic carbocycles. The first-order valence-electron chi connectivity index (χ1n) is 9.64. The van der Waals surface area contributed by atoms with Crippen molar-refractivity contribution in [2.24, 2.45) is 5.73 Å². The second-order valence-corrected chi connectivity index (χ2v) is 9.85. The highest BCUT2D eigenvalue weighted by Gasteiger charge is 2.24. The summed E-state index contributed by atoms with van der Waals surface area (Å²) in [7, 11) is 0. The van der Waals surface area contributed by atoms with E-state index in [1.807, 2.05) is 20.8 Å².